The molecule has 3 aromatic heterocycles. The summed E-state index contributed by atoms with van der Waals surface area (Å²) in [4.78, 5) is 29.3. The molecule has 0 aliphatic rings. The van der Waals surface area contributed by atoms with Gasteiger partial charge in [0.25, 0.3) is 5.56 Å². The van der Waals surface area contributed by atoms with Crippen LogP contribution in [-0.2, 0) is 0 Å². The molecular weight excluding hydrogens is 431 g/mol. The number of aromatic amines is 1. The zero-order valence-electron chi connectivity index (χ0n) is 17.0. The Labute approximate surface area is 186 Å². The molecule has 5 rings (SSSR count). The standard InChI is InChI=1S/C23H18ClFN6O/c1-2-16(30-22-20-21(27-11-26-20)28-12-29-22)17-10-13-8-9-15(25)19(24)18(13)23(32)31(17)14-6-4-3-5-7-14/h3-12,16H,2H2,1H3,(H2,26,27,28,29,30)/t16-/m1/s1. The van der Waals surface area contributed by atoms with Crippen LogP contribution in [0.5, 0.6) is 0 Å². The van der Waals surface area contributed by atoms with E-state index in [4.69, 9.17) is 11.6 Å². The molecule has 0 aliphatic carbocycles. The van der Waals surface area contributed by atoms with Crippen molar-refractivity contribution in [3.05, 3.63) is 88.1 Å². The third-order valence-electron chi connectivity index (χ3n) is 5.42. The molecule has 0 radical (unpaired) electrons. The lowest BCUT2D eigenvalue weighted by Crippen LogP contribution is -2.27. The molecule has 3 heterocycles. The van der Waals surface area contributed by atoms with Gasteiger partial charge in [-0.15, -0.1) is 0 Å². The first-order chi connectivity index (χ1) is 15.6. The Kier molecular flexibility index (Phi) is 5.07. The van der Waals surface area contributed by atoms with Crippen LogP contribution in [0.25, 0.3) is 27.6 Å². The summed E-state index contributed by atoms with van der Waals surface area (Å²) in [6, 6.07) is 13.6. The van der Waals surface area contributed by atoms with Gasteiger partial charge in [0.2, 0.25) is 0 Å². The highest BCUT2D eigenvalue weighted by Crippen LogP contribution is 2.30. The number of halogens is 2. The Morgan fingerprint density at radius 3 is 2.75 bits per heavy atom. The maximum absolute atomic E-state index is 14.2. The predicted octanol–water partition coefficient (Wildman–Crippen LogP) is 5.01. The van der Waals surface area contributed by atoms with Crippen molar-refractivity contribution in [2.75, 3.05) is 5.32 Å². The fraction of sp³-hybridized carbons (Fsp3) is 0.130. The van der Waals surface area contributed by atoms with Gasteiger partial charge in [-0.25, -0.2) is 19.3 Å². The minimum absolute atomic E-state index is 0.145. The third-order valence-corrected chi connectivity index (χ3v) is 5.79. The largest absolute Gasteiger partial charge is 0.360 e. The van der Waals surface area contributed by atoms with Crippen molar-refractivity contribution in [1.29, 1.82) is 0 Å². The summed E-state index contributed by atoms with van der Waals surface area (Å²) in [6.45, 7) is 2.00. The van der Waals surface area contributed by atoms with Gasteiger partial charge in [0.1, 0.15) is 17.7 Å². The number of rotatable bonds is 5. The summed E-state index contributed by atoms with van der Waals surface area (Å²) >= 11 is 6.21. The molecule has 5 aromatic rings. The van der Waals surface area contributed by atoms with Gasteiger partial charge in [0.15, 0.2) is 11.5 Å². The van der Waals surface area contributed by atoms with Crippen LogP contribution >= 0.6 is 11.6 Å². The first-order valence-corrected chi connectivity index (χ1v) is 10.5. The SMILES string of the molecule is CC[C@@H](Nc1ncnc2nc[nH]c12)c1cc2ccc(F)c(Cl)c2c(=O)n1-c1ccccc1. The van der Waals surface area contributed by atoms with Crippen LogP contribution in [0.15, 0.2) is 66.0 Å². The first kappa shape index (κ1) is 20.1. The van der Waals surface area contributed by atoms with Crippen molar-refractivity contribution in [2.45, 2.75) is 19.4 Å². The van der Waals surface area contributed by atoms with Crippen molar-refractivity contribution in [2.24, 2.45) is 0 Å². The van der Waals surface area contributed by atoms with Gasteiger partial charge in [-0.05, 0) is 36.1 Å². The van der Waals surface area contributed by atoms with E-state index in [-0.39, 0.29) is 22.0 Å². The Balaban J connectivity index is 1.75. The number of hydrogen-bond acceptors (Lipinski definition) is 5. The lowest BCUT2D eigenvalue weighted by Gasteiger charge is -2.23. The van der Waals surface area contributed by atoms with E-state index in [0.29, 0.717) is 40.2 Å². The van der Waals surface area contributed by atoms with E-state index in [9.17, 15) is 9.18 Å². The number of aromatic nitrogens is 5. The van der Waals surface area contributed by atoms with Crippen LogP contribution in [0.4, 0.5) is 10.2 Å². The summed E-state index contributed by atoms with van der Waals surface area (Å²) in [7, 11) is 0. The van der Waals surface area contributed by atoms with E-state index in [1.54, 1.807) is 17.0 Å². The number of anilines is 1. The molecule has 0 unspecified atom stereocenters. The third kappa shape index (κ3) is 3.29. The second kappa shape index (κ2) is 8.05. The van der Waals surface area contributed by atoms with Gasteiger partial charge in [0, 0.05) is 11.4 Å². The number of imidazole rings is 1. The molecule has 9 heteroatoms. The van der Waals surface area contributed by atoms with Crippen molar-refractivity contribution in [1.82, 2.24) is 24.5 Å². The van der Waals surface area contributed by atoms with E-state index in [1.807, 2.05) is 43.3 Å². The van der Waals surface area contributed by atoms with Crippen LogP contribution in [0.1, 0.15) is 25.1 Å². The molecule has 0 fully saturated rings. The Bertz CT molecular complexity index is 1500. The van der Waals surface area contributed by atoms with Crippen molar-refractivity contribution < 1.29 is 4.39 Å². The summed E-state index contributed by atoms with van der Waals surface area (Å²) in [5.41, 5.74) is 2.18. The maximum atomic E-state index is 14.2. The molecule has 0 saturated heterocycles. The van der Waals surface area contributed by atoms with Gasteiger partial charge in [-0.3, -0.25) is 9.36 Å². The summed E-state index contributed by atoms with van der Waals surface area (Å²) < 4.78 is 15.7. The smallest absolute Gasteiger partial charge is 0.264 e. The zero-order valence-corrected chi connectivity index (χ0v) is 17.8. The van der Waals surface area contributed by atoms with Crippen LogP contribution in [0.2, 0.25) is 5.02 Å². The lowest BCUT2D eigenvalue weighted by atomic mass is 10.0. The predicted molar refractivity (Wildman–Crippen MR) is 123 cm³/mol. The van der Waals surface area contributed by atoms with Crippen LogP contribution in [0.3, 0.4) is 0 Å². The molecule has 0 amide bonds. The number of fused-ring (bicyclic) bond motifs is 2. The minimum Gasteiger partial charge on any atom is -0.360 e. The second-order valence-corrected chi connectivity index (χ2v) is 7.68. The summed E-state index contributed by atoms with van der Waals surface area (Å²) in [6.07, 6.45) is 3.63. The van der Waals surface area contributed by atoms with E-state index in [2.05, 4.69) is 25.3 Å². The van der Waals surface area contributed by atoms with Crippen LogP contribution < -0.4 is 10.9 Å². The molecule has 0 saturated carbocycles. The molecule has 32 heavy (non-hydrogen) atoms. The highest BCUT2D eigenvalue weighted by molar-refractivity contribution is 6.35. The first-order valence-electron chi connectivity index (χ1n) is 10.1. The lowest BCUT2D eigenvalue weighted by molar-refractivity contribution is 0.629. The van der Waals surface area contributed by atoms with Crippen molar-refractivity contribution in [3.8, 4) is 5.69 Å². The Morgan fingerprint density at radius 1 is 1.16 bits per heavy atom. The Morgan fingerprint density at radius 2 is 1.97 bits per heavy atom. The van der Waals surface area contributed by atoms with E-state index in [0.717, 1.165) is 0 Å². The zero-order chi connectivity index (χ0) is 22.2. The second-order valence-electron chi connectivity index (χ2n) is 7.30. The molecule has 2 N–H and O–H groups in total. The molecular formula is C23H18ClFN6O. The number of nitrogens with zero attached hydrogens (tertiary/aromatic N) is 4. The highest BCUT2D eigenvalue weighted by atomic mass is 35.5. The van der Waals surface area contributed by atoms with Gasteiger partial charge < -0.3 is 10.3 Å². The van der Waals surface area contributed by atoms with Gasteiger partial charge >= 0.3 is 0 Å². The van der Waals surface area contributed by atoms with E-state index < -0.39 is 5.82 Å². The molecule has 0 aliphatic heterocycles. The monoisotopic (exact) mass is 448 g/mol. The molecule has 160 valence electrons. The topological polar surface area (TPSA) is 88.5 Å². The van der Waals surface area contributed by atoms with Crippen LogP contribution in [-0.4, -0.2) is 24.5 Å². The van der Waals surface area contributed by atoms with Gasteiger partial charge in [0.05, 0.1) is 22.8 Å². The van der Waals surface area contributed by atoms with Crippen LogP contribution in [0, 0.1) is 5.82 Å². The number of H-pyrrole nitrogens is 1. The number of benzene rings is 2. The normalized spacial score (nSPS) is 12.3. The average molecular weight is 449 g/mol. The van der Waals surface area contributed by atoms with Crippen molar-refractivity contribution in [3.63, 3.8) is 0 Å². The van der Waals surface area contributed by atoms with Gasteiger partial charge in [-0.1, -0.05) is 42.8 Å². The fourth-order valence-corrected chi connectivity index (χ4v) is 4.13. The quantitative estimate of drug-likeness (QED) is 0.394. The summed E-state index contributed by atoms with van der Waals surface area (Å²) in [5.74, 6) is -0.0555. The van der Waals surface area contributed by atoms with Gasteiger partial charge in [-0.2, -0.15) is 0 Å². The summed E-state index contributed by atoms with van der Waals surface area (Å²) in [5, 5.41) is 3.95. The highest BCUT2D eigenvalue weighted by Gasteiger charge is 2.22. The fourth-order valence-electron chi connectivity index (χ4n) is 3.88. The molecule has 7 nitrogen and oxygen atoms in total. The minimum atomic E-state index is -0.628. The molecule has 2 aromatic carbocycles. The average Bonchev–Trinajstić information content (AvgIpc) is 3.30. The van der Waals surface area contributed by atoms with E-state index >= 15 is 0 Å². The molecule has 1 atom stereocenters. The molecule has 0 bridgehead atoms. The number of nitrogens with one attached hydrogen (secondary N) is 2. The number of para-hydroxylation sites is 1. The van der Waals surface area contributed by atoms with Crippen molar-refractivity contribution >= 4 is 39.4 Å². The number of pyridine rings is 1. The maximum Gasteiger partial charge on any atom is 0.264 e. The molecule has 0 spiro atoms. The van der Waals surface area contributed by atoms with E-state index in [1.165, 1.54) is 12.4 Å². The Hall–Kier alpha value is -3.78. The number of hydrogen-bond donors (Lipinski definition) is 2.